The number of rotatable bonds is 7. The molecule has 0 spiro atoms. The van der Waals surface area contributed by atoms with E-state index in [-0.39, 0.29) is 5.92 Å². The summed E-state index contributed by atoms with van der Waals surface area (Å²) in [5, 5.41) is 10.6. The summed E-state index contributed by atoms with van der Waals surface area (Å²) in [6, 6.07) is 3.65. The molecule has 0 saturated carbocycles. The molecule has 0 amide bonds. The number of aromatic nitrogens is 1. The second kappa shape index (κ2) is 9.16. The van der Waals surface area contributed by atoms with Crippen LogP contribution in [0.15, 0.2) is 21.6 Å². The highest BCUT2D eigenvalue weighted by molar-refractivity contribution is 5.94. The zero-order chi connectivity index (χ0) is 20.0. The molecule has 0 bridgehead atoms. The van der Waals surface area contributed by atoms with Crippen LogP contribution < -0.4 is 24.8 Å². The predicted molar refractivity (Wildman–Crippen MR) is 105 cm³/mol. The zero-order valence-corrected chi connectivity index (χ0v) is 17.0. The summed E-state index contributed by atoms with van der Waals surface area (Å²) >= 11 is 0. The monoisotopic (exact) mass is 376 g/mol. The SMILES string of the molecule is CN=C(NCC(C)c1c(C)noc1C)Nc1cc(OC)c(OC)c(OC)c1. The van der Waals surface area contributed by atoms with Crippen molar-refractivity contribution in [3.05, 3.63) is 29.2 Å². The van der Waals surface area contributed by atoms with E-state index in [0.717, 1.165) is 22.7 Å². The number of aryl methyl sites for hydroxylation is 2. The fraction of sp³-hybridized carbons (Fsp3) is 0.474. The third-order valence-electron chi connectivity index (χ3n) is 4.31. The van der Waals surface area contributed by atoms with Crippen molar-refractivity contribution < 1.29 is 18.7 Å². The van der Waals surface area contributed by atoms with Gasteiger partial charge in [-0.05, 0) is 13.8 Å². The van der Waals surface area contributed by atoms with Crippen molar-refractivity contribution in [1.29, 1.82) is 0 Å². The zero-order valence-electron chi connectivity index (χ0n) is 17.0. The minimum Gasteiger partial charge on any atom is -0.493 e. The smallest absolute Gasteiger partial charge is 0.203 e. The van der Waals surface area contributed by atoms with Crippen molar-refractivity contribution in [2.75, 3.05) is 40.2 Å². The topological polar surface area (TPSA) is 90.1 Å². The Labute approximate surface area is 159 Å². The average molecular weight is 376 g/mol. The van der Waals surface area contributed by atoms with E-state index in [1.807, 2.05) is 26.0 Å². The van der Waals surface area contributed by atoms with Crippen LogP contribution in [-0.2, 0) is 0 Å². The summed E-state index contributed by atoms with van der Waals surface area (Å²) in [6.45, 7) is 6.67. The number of aliphatic imine (C=N–C) groups is 1. The first-order valence-corrected chi connectivity index (χ1v) is 8.65. The maximum absolute atomic E-state index is 5.39. The molecule has 1 aromatic carbocycles. The van der Waals surface area contributed by atoms with E-state index in [0.29, 0.717) is 29.8 Å². The lowest BCUT2D eigenvalue weighted by atomic mass is 10.00. The van der Waals surface area contributed by atoms with Gasteiger partial charge in [-0.1, -0.05) is 12.1 Å². The lowest BCUT2D eigenvalue weighted by molar-refractivity contribution is 0.324. The molecular formula is C19H28N4O4. The van der Waals surface area contributed by atoms with Gasteiger partial charge in [0.25, 0.3) is 0 Å². The van der Waals surface area contributed by atoms with Gasteiger partial charge in [-0.2, -0.15) is 0 Å². The van der Waals surface area contributed by atoms with Crippen LogP contribution in [0.5, 0.6) is 17.2 Å². The van der Waals surface area contributed by atoms with E-state index in [1.165, 1.54) is 0 Å². The molecule has 0 aliphatic rings. The second-order valence-corrected chi connectivity index (χ2v) is 6.13. The number of nitrogens with zero attached hydrogens (tertiary/aromatic N) is 2. The van der Waals surface area contributed by atoms with Crippen LogP contribution in [0.2, 0.25) is 0 Å². The van der Waals surface area contributed by atoms with Crippen LogP contribution >= 0.6 is 0 Å². The molecule has 1 heterocycles. The number of nitrogens with one attached hydrogen (secondary N) is 2. The van der Waals surface area contributed by atoms with Crippen molar-refractivity contribution in [1.82, 2.24) is 10.5 Å². The molecule has 0 aliphatic heterocycles. The van der Waals surface area contributed by atoms with Crippen molar-refractivity contribution in [3.8, 4) is 17.2 Å². The number of hydrogen-bond acceptors (Lipinski definition) is 6. The summed E-state index contributed by atoms with van der Waals surface area (Å²) in [7, 11) is 6.46. The minimum atomic E-state index is 0.217. The molecule has 0 radical (unpaired) electrons. The summed E-state index contributed by atoms with van der Waals surface area (Å²) in [6.07, 6.45) is 0. The van der Waals surface area contributed by atoms with Crippen LogP contribution in [0.3, 0.4) is 0 Å². The lowest BCUT2D eigenvalue weighted by Gasteiger charge is -2.18. The van der Waals surface area contributed by atoms with E-state index < -0.39 is 0 Å². The predicted octanol–water partition coefficient (Wildman–Crippen LogP) is 3.11. The standard InChI is InChI=1S/C19H28N4O4/c1-11(17-12(2)23-27-13(17)3)10-21-19(20-4)22-14-8-15(24-5)18(26-7)16(9-14)25-6/h8-9,11H,10H2,1-7H3,(H2,20,21,22). The minimum absolute atomic E-state index is 0.217. The summed E-state index contributed by atoms with van der Waals surface area (Å²) in [5.41, 5.74) is 2.79. The fourth-order valence-corrected chi connectivity index (χ4v) is 3.01. The largest absolute Gasteiger partial charge is 0.493 e. The molecule has 2 aromatic rings. The average Bonchev–Trinajstić information content (AvgIpc) is 3.02. The molecular weight excluding hydrogens is 348 g/mol. The Morgan fingerprint density at radius 3 is 2.22 bits per heavy atom. The van der Waals surface area contributed by atoms with Crippen molar-refractivity contribution in [3.63, 3.8) is 0 Å². The highest BCUT2D eigenvalue weighted by atomic mass is 16.5. The molecule has 8 heteroatoms. The quantitative estimate of drug-likeness (QED) is 0.567. The summed E-state index contributed by atoms with van der Waals surface area (Å²) in [4.78, 5) is 4.28. The van der Waals surface area contributed by atoms with Gasteiger partial charge in [0.15, 0.2) is 17.5 Å². The molecule has 0 fully saturated rings. The van der Waals surface area contributed by atoms with Crippen molar-refractivity contribution >= 4 is 11.6 Å². The van der Waals surface area contributed by atoms with E-state index in [9.17, 15) is 0 Å². The summed E-state index contributed by atoms with van der Waals surface area (Å²) < 4.78 is 21.4. The molecule has 2 N–H and O–H groups in total. The molecule has 27 heavy (non-hydrogen) atoms. The Bertz CT molecular complexity index is 756. The van der Waals surface area contributed by atoms with Gasteiger partial charge in [-0.25, -0.2) is 0 Å². The lowest BCUT2D eigenvalue weighted by Crippen LogP contribution is -2.33. The number of benzene rings is 1. The van der Waals surface area contributed by atoms with Gasteiger partial charge < -0.3 is 29.4 Å². The van der Waals surface area contributed by atoms with Gasteiger partial charge in [0.2, 0.25) is 5.75 Å². The van der Waals surface area contributed by atoms with E-state index in [1.54, 1.807) is 28.4 Å². The highest BCUT2D eigenvalue weighted by Crippen LogP contribution is 2.39. The van der Waals surface area contributed by atoms with Gasteiger partial charge in [0, 0.05) is 42.9 Å². The van der Waals surface area contributed by atoms with Gasteiger partial charge in [0.1, 0.15) is 5.76 Å². The van der Waals surface area contributed by atoms with Crippen molar-refractivity contribution in [2.45, 2.75) is 26.7 Å². The van der Waals surface area contributed by atoms with E-state index in [2.05, 4.69) is 27.7 Å². The van der Waals surface area contributed by atoms with Gasteiger partial charge in [0.05, 0.1) is 27.0 Å². The molecule has 0 saturated heterocycles. The summed E-state index contributed by atoms with van der Waals surface area (Å²) in [5.74, 6) is 3.37. The molecule has 148 valence electrons. The first kappa shape index (κ1) is 20.4. The number of anilines is 1. The molecule has 1 aromatic heterocycles. The van der Waals surface area contributed by atoms with E-state index in [4.69, 9.17) is 18.7 Å². The first-order chi connectivity index (χ1) is 12.9. The molecule has 1 unspecified atom stereocenters. The maximum Gasteiger partial charge on any atom is 0.203 e. The molecule has 2 rings (SSSR count). The van der Waals surface area contributed by atoms with Crippen LogP contribution in [0.25, 0.3) is 0 Å². The third kappa shape index (κ3) is 4.64. The Hall–Kier alpha value is -2.90. The van der Waals surface area contributed by atoms with Crippen LogP contribution in [0.1, 0.15) is 29.9 Å². The number of ether oxygens (including phenoxy) is 3. The van der Waals surface area contributed by atoms with Gasteiger partial charge >= 0.3 is 0 Å². The second-order valence-electron chi connectivity index (χ2n) is 6.13. The molecule has 1 atom stereocenters. The first-order valence-electron chi connectivity index (χ1n) is 8.65. The van der Waals surface area contributed by atoms with Crippen LogP contribution in [0, 0.1) is 13.8 Å². The van der Waals surface area contributed by atoms with Crippen LogP contribution in [-0.4, -0.2) is 46.0 Å². The number of guanidine groups is 1. The normalized spacial score (nSPS) is 12.5. The van der Waals surface area contributed by atoms with Crippen LogP contribution in [0.4, 0.5) is 5.69 Å². The Morgan fingerprint density at radius 2 is 1.78 bits per heavy atom. The Kier molecular flexibility index (Phi) is 6.92. The van der Waals surface area contributed by atoms with Gasteiger partial charge in [-0.3, -0.25) is 4.99 Å². The van der Waals surface area contributed by atoms with E-state index >= 15 is 0 Å². The molecule has 0 aliphatic carbocycles. The fourth-order valence-electron chi connectivity index (χ4n) is 3.01. The third-order valence-corrected chi connectivity index (χ3v) is 4.31. The van der Waals surface area contributed by atoms with Gasteiger partial charge in [-0.15, -0.1) is 0 Å². The maximum atomic E-state index is 5.39. The Balaban J connectivity index is 2.11. The number of hydrogen-bond donors (Lipinski definition) is 2. The molecule has 8 nitrogen and oxygen atoms in total. The number of methoxy groups -OCH3 is 3. The van der Waals surface area contributed by atoms with Crippen molar-refractivity contribution in [2.24, 2.45) is 4.99 Å². The Morgan fingerprint density at radius 1 is 1.15 bits per heavy atom. The highest BCUT2D eigenvalue weighted by Gasteiger charge is 2.17.